The van der Waals surface area contributed by atoms with Gasteiger partial charge in [-0.3, -0.25) is 9.59 Å². The van der Waals surface area contributed by atoms with Crippen LogP contribution in [0, 0.1) is 0 Å². The molecule has 1 aliphatic carbocycles. The van der Waals surface area contributed by atoms with Crippen LogP contribution in [0.3, 0.4) is 0 Å². The smallest absolute Gasteiger partial charge is 0.353 e. The van der Waals surface area contributed by atoms with Gasteiger partial charge in [-0.1, -0.05) is 43.5 Å². The highest BCUT2D eigenvalue weighted by molar-refractivity contribution is 8.00. The molecule has 1 fully saturated rings. The molecule has 2 N–H and O–H groups in total. The monoisotopic (exact) mass is 503 g/mol. The molecule has 2 amide bonds. The van der Waals surface area contributed by atoms with Crippen molar-refractivity contribution < 1.29 is 22.8 Å². The van der Waals surface area contributed by atoms with Crippen molar-refractivity contribution in [3.8, 4) is 0 Å². The molecule has 0 unspecified atom stereocenters. The van der Waals surface area contributed by atoms with Crippen molar-refractivity contribution in [2.75, 3.05) is 12.3 Å². The zero-order valence-electron chi connectivity index (χ0n) is 19.2. The summed E-state index contributed by atoms with van der Waals surface area (Å²) in [5, 5.41) is 6.85. The summed E-state index contributed by atoms with van der Waals surface area (Å²) in [5.74, 6) is -0.190. The van der Waals surface area contributed by atoms with Crippen molar-refractivity contribution in [3.63, 3.8) is 0 Å². The molecule has 1 aliphatic rings. The van der Waals surface area contributed by atoms with Crippen molar-refractivity contribution in [1.82, 2.24) is 15.2 Å². The number of para-hydroxylation sites is 1. The summed E-state index contributed by atoms with van der Waals surface area (Å²) in [6.45, 7) is 0.695. The van der Waals surface area contributed by atoms with Gasteiger partial charge < -0.3 is 15.2 Å². The highest BCUT2D eigenvalue weighted by Crippen LogP contribution is 2.31. The SMILES string of the molecule is O=C(CSc1cn(CCNC(=O)c2cccc(C(F)(F)F)c2)c2ccccc12)NC1CCCCC1. The molecule has 0 aliphatic heterocycles. The molecule has 0 atom stereocenters. The van der Waals surface area contributed by atoms with Crippen LogP contribution < -0.4 is 10.6 Å². The summed E-state index contributed by atoms with van der Waals surface area (Å²) < 4.78 is 40.8. The van der Waals surface area contributed by atoms with E-state index in [1.54, 1.807) is 0 Å². The Kier molecular flexibility index (Phi) is 8.05. The Hall–Kier alpha value is -2.94. The zero-order valence-corrected chi connectivity index (χ0v) is 20.1. The molecular weight excluding hydrogens is 475 g/mol. The van der Waals surface area contributed by atoms with Crippen LogP contribution >= 0.6 is 11.8 Å². The first-order chi connectivity index (χ1) is 16.8. The van der Waals surface area contributed by atoms with Crippen molar-refractivity contribution in [3.05, 3.63) is 65.9 Å². The molecule has 0 radical (unpaired) electrons. The fraction of sp³-hybridized carbons (Fsp3) is 0.385. The molecular formula is C26H28F3N3O2S. The normalized spacial score (nSPS) is 14.7. The maximum absolute atomic E-state index is 12.9. The number of alkyl halides is 3. The number of rotatable bonds is 8. The molecule has 9 heteroatoms. The minimum atomic E-state index is -4.50. The number of amides is 2. The summed E-state index contributed by atoms with van der Waals surface area (Å²) in [6.07, 6.45) is 3.11. The third-order valence-corrected chi connectivity index (χ3v) is 7.21. The Morgan fingerprint density at radius 2 is 1.80 bits per heavy atom. The number of carbonyl (C=O) groups excluding carboxylic acids is 2. The minimum Gasteiger partial charge on any atom is -0.353 e. The van der Waals surface area contributed by atoms with Gasteiger partial charge in [-0.2, -0.15) is 13.2 Å². The third-order valence-electron chi connectivity index (χ3n) is 6.17. The lowest BCUT2D eigenvalue weighted by Gasteiger charge is -2.22. The van der Waals surface area contributed by atoms with Crippen molar-refractivity contribution in [1.29, 1.82) is 0 Å². The second-order valence-electron chi connectivity index (χ2n) is 8.73. The van der Waals surface area contributed by atoms with Crippen LogP contribution in [0.25, 0.3) is 10.9 Å². The van der Waals surface area contributed by atoms with Crippen LogP contribution in [-0.2, 0) is 17.5 Å². The van der Waals surface area contributed by atoms with E-state index >= 15 is 0 Å². The Balaban J connectivity index is 1.36. The Bertz CT molecular complexity index is 1190. The second-order valence-corrected chi connectivity index (χ2v) is 9.75. The summed E-state index contributed by atoms with van der Waals surface area (Å²) in [5.41, 5.74) is 0.0872. The summed E-state index contributed by atoms with van der Waals surface area (Å²) >= 11 is 1.48. The fourth-order valence-electron chi connectivity index (χ4n) is 4.40. The minimum absolute atomic E-state index is 0.0302. The highest BCUT2D eigenvalue weighted by atomic mass is 32.2. The predicted octanol–water partition coefficient (Wildman–Crippen LogP) is 5.63. The van der Waals surface area contributed by atoms with Crippen molar-refractivity contribution in [2.24, 2.45) is 0 Å². The van der Waals surface area contributed by atoms with Gasteiger partial charge in [-0.05, 0) is 37.1 Å². The molecule has 2 aromatic carbocycles. The first-order valence-electron chi connectivity index (χ1n) is 11.8. The molecule has 186 valence electrons. The van der Waals surface area contributed by atoms with Gasteiger partial charge >= 0.3 is 6.18 Å². The van der Waals surface area contributed by atoms with E-state index in [4.69, 9.17) is 0 Å². The fourth-order valence-corrected chi connectivity index (χ4v) is 5.30. The third kappa shape index (κ3) is 6.60. The van der Waals surface area contributed by atoms with Crippen LogP contribution in [0.2, 0.25) is 0 Å². The van der Waals surface area contributed by atoms with E-state index in [-0.39, 0.29) is 24.1 Å². The molecule has 3 aromatic rings. The van der Waals surface area contributed by atoms with Crippen LogP contribution in [0.15, 0.2) is 59.6 Å². The Morgan fingerprint density at radius 1 is 1.03 bits per heavy atom. The quantitative estimate of drug-likeness (QED) is 0.392. The lowest BCUT2D eigenvalue weighted by molar-refractivity contribution is -0.137. The first-order valence-corrected chi connectivity index (χ1v) is 12.8. The highest BCUT2D eigenvalue weighted by Gasteiger charge is 2.30. The van der Waals surface area contributed by atoms with Gasteiger partial charge in [-0.15, -0.1) is 11.8 Å². The van der Waals surface area contributed by atoms with Gasteiger partial charge in [0.15, 0.2) is 0 Å². The second kappa shape index (κ2) is 11.2. The van der Waals surface area contributed by atoms with E-state index in [0.717, 1.165) is 53.6 Å². The number of nitrogens with one attached hydrogen (secondary N) is 2. The molecule has 4 rings (SSSR count). The number of carbonyl (C=O) groups is 2. The van der Waals surface area contributed by atoms with Crippen molar-refractivity contribution >= 4 is 34.5 Å². The van der Waals surface area contributed by atoms with E-state index < -0.39 is 17.6 Å². The predicted molar refractivity (Wildman–Crippen MR) is 131 cm³/mol. The number of hydrogen-bond donors (Lipinski definition) is 2. The molecule has 0 bridgehead atoms. The number of aromatic nitrogens is 1. The van der Waals surface area contributed by atoms with E-state index in [2.05, 4.69) is 10.6 Å². The summed E-state index contributed by atoms with van der Waals surface area (Å²) in [6, 6.07) is 12.5. The van der Waals surface area contributed by atoms with E-state index in [1.807, 2.05) is 35.0 Å². The first kappa shape index (κ1) is 25.2. The number of thioether (sulfide) groups is 1. The van der Waals surface area contributed by atoms with Crippen LogP contribution in [0.5, 0.6) is 0 Å². The standard InChI is InChI=1S/C26H28F3N3O2S/c27-26(28,29)19-8-6-7-18(15-19)25(34)30-13-14-32-16-23(21-11-4-5-12-22(21)32)35-17-24(33)31-20-9-2-1-3-10-20/h4-8,11-12,15-16,20H,1-3,9-10,13-14,17H2,(H,30,34)(H,31,33). The average Bonchev–Trinajstić information content (AvgIpc) is 3.20. The van der Waals surface area contributed by atoms with Gasteiger partial charge in [0, 0.05) is 46.7 Å². The number of nitrogens with zero attached hydrogens (tertiary/aromatic N) is 1. The average molecular weight is 504 g/mol. The lowest BCUT2D eigenvalue weighted by Crippen LogP contribution is -2.37. The molecule has 35 heavy (non-hydrogen) atoms. The number of halogens is 3. The van der Waals surface area contributed by atoms with Gasteiger partial charge in [0.25, 0.3) is 5.91 Å². The van der Waals surface area contributed by atoms with Gasteiger partial charge in [-0.25, -0.2) is 0 Å². The van der Waals surface area contributed by atoms with Gasteiger partial charge in [0.05, 0.1) is 11.3 Å². The van der Waals surface area contributed by atoms with E-state index in [1.165, 1.54) is 30.3 Å². The van der Waals surface area contributed by atoms with E-state index in [0.29, 0.717) is 12.3 Å². The molecule has 1 heterocycles. The summed E-state index contributed by atoms with van der Waals surface area (Å²) in [4.78, 5) is 25.8. The number of hydrogen-bond acceptors (Lipinski definition) is 3. The van der Waals surface area contributed by atoms with Gasteiger partial charge in [0.1, 0.15) is 0 Å². The van der Waals surface area contributed by atoms with E-state index in [9.17, 15) is 22.8 Å². The van der Waals surface area contributed by atoms with Crippen LogP contribution in [-0.4, -0.2) is 34.7 Å². The van der Waals surface area contributed by atoms with Crippen molar-refractivity contribution in [2.45, 2.75) is 55.8 Å². The molecule has 5 nitrogen and oxygen atoms in total. The molecule has 1 saturated carbocycles. The van der Waals surface area contributed by atoms with Crippen LogP contribution in [0.1, 0.15) is 48.0 Å². The lowest BCUT2D eigenvalue weighted by atomic mass is 9.95. The number of benzene rings is 2. The largest absolute Gasteiger partial charge is 0.416 e. The molecule has 0 spiro atoms. The zero-order chi connectivity index (χ0) is 24.8. The Labute approximate surface area is 206 Å². The van der Waals surface area contributed by atoms with Gasteiger partial charge in [0.2, 0.25) is 5.91 Å². The maximum atomic E-state index is 12.9. The number of fused-ring (bicyclic) bond motifs is 1. The molecule has 0 saturated heterocycles. The molecule has 1 aromatic heterocycles. The maximum Gasteiger partial charge on any atom is 0.416 e. The topological polar surface area (TPSA) is 63.1 Å². The summed E-state index contributed by atoms with van der Waals surface area (Å²) in [7, 11) is 0. The van der Waals surface area contributed by atoms with Crippen LogP contribution in [0.4, 0.5) is 13.2 Å². The Morgan fingerprint density at radius 3 is 2.57 bits per heavy atom.